The fourth-order valence-electron chi connectivity index (χ4n) is 0.342. The number of aromatic amines is 1. The summed E-state index contributed by atoms with van der Waals surface area (Å²) in [6, 6.07) is 5.86. The molecular weight excluding hydrogens is 303 g/mol. The lowest BCUT2D eigenvalue weighted by molar-refractivity contribution is -0.377. The molecule has 1 heterocycles. The van der Waals surface area contributed by atoms with Crippen LogP contribution in [-0.2, 0) is 10.1 Å². The molecule has 0 aromatic carbocycles. The van der Waals surface area contributed by atoms with E-state index in [1.807, 2.05) is 30.6 Å². The zero-order chi connectivity index (χ0) is 11.2. The van der Waals surface area contributed by atoms with E-state index in [1.54, 1.807) is 0 Å². The minimum Gasteiger partial charge on any atom is -1.00 e. The summed E-state index contributed by atoms with van der Waals surface area (Å²) in [6.45, 7) is 0. The molecular formula is C6H7BrF3NO3S. The maximum Gasteiger partial charge on any atom is 0.522 e. The number of rotatable bonds is 0. The minimum absolute atomic E-state index is 0. The number of pyridine rings is 1. The SMILES string of the molecule is O=S(=O)(O)C(F)(F)F.[Br-].c1cc[nH+]cc1. The summed E-state index contributed by atoms with van der Waals surface area (Å²) < 4.78 is 57.5. The summed E-state index contributed by atoms with van der Waals surface area (Å²) in [5, 5.41) is 0. The van der Waals surface area contributed by atoms with Gasteiger partial charge in [0.15, 0.2) is 12.4 Å². The van der Waals surface area contributed by atoms with Crippen molar-refractivity contribution in [1.29, 1.82) is 0 Å². The lowest BCUT2D eigenvalue weighted by Gasteiger charge is -1.97. The summed E-state index contributed by atoms with van der Waals surface area (Å²) in [6.07, 6.45) is 3.75. The third kappa shape index (κ3) is 8.33. The van der Waals surface area contributed by atoms with E-state index >= 15 is 0 Å². The van der Waals surface area contributed by atoms with Crippen LogP contribution in [0, 0.1) is 0 Å². The van der Waals surface area contributed by atoms with E-state index in [4.69, 9.17) is 13.0 Å². The van der Waals surface area contributed by atoms with Crippen molar-refractivity contribution in [3.63, 3.8) is 0 Å². The van der Waals surface area contributed by atoms with Crippen LogP contribution in [0.5, 0.6) is 0 Å². The van der Waals surface area contributed by atoms with Gasteiger partial charge in [-0.2, -0.15) is 21.6 Å². The van der Waals surface area contributed by atoms with Gasteiger partial charge in [0.05, 0.1) is 0 Å². The molecule has 0 radical (unpaired) electrons. The lowest BCUT2D eigenvalue weighted by Crippen LogP contribution is -3.00. The van der Waals surface area contributed by atoms with Gasteiger partial charge in [0.1, 0.15) is 0 Å². The third-order valence-corrected chi connectivity index (χ3v) is 1.48. The second kappa shape index (κ2) is 6.75. The Kier molecular flexibility index (Phi) is 7.53. The van der Waals surface area contributed by atoms with Crippen molar-refractivity contribution in [2.24, 2.45) is 0 Å². The van der Waals surface area contributed by atoms with Gasteiger partial charge in [-0.15, -0.1) is 0 Å². The molecule has 0 aliphatic heterocycles. The Hall–Kier alpha value is -0.670. The van der Waals surface area contributed by atoms with Crippen LogP contribution >= 0.6 is 0 Å². The maximum absolute atomic E-state index is 10.7. The first-order chi connectivity index (χ1) is 6.25. The molecule has 0 unspecified atom stereocenters. The smallest absolute Gasteiger partial charge is 0.522 e. The fraction of sp³-hybridized carbons (Fsp3) is 0.167. The summed E-state index contributed by atoms with van der Waals surface area (Å²) in [5.74, 6) is 0. The first-order valence-electron chi connectivity index (χ1n) is 3.20. The van der Waals surface area contributed by atoms with Crippen LogP contribution in [0.15, 0.2) is 30.6 Å². The van der Waals surface area contributed by atoms with Crippen molar-refractivity contribution in [2.45, 2.75) is 5.51 Å². The number of halogens is 4. The van der Waals surface area contributed by atoms with Crippen LogP contribution in [0.25, 0.3) is 0 Å². The van der Waals surface area contributed by atoms with Crippen LogP contribution in [0.2, 0.25) is 0 Å². The quantitative estimate of drug-likeness (QED) is 0.441. The molecule has 0 saturated heterocycles. The van der Waals surface area contributed by atoms with Crippen LogP contribution in [0.1, 0.15) is 0 Å². The molecule has 9 heteroatoms. The van der Waals surface area contributed by atoms with E-state index < -0.39 is 15.6 Å². The predicted molar refractivity (Wildman–Crippen MR) is 40.6 cm³/mol. The molecule has 1 rings (SSSR count). The number of H-pyrrole nitrogens is 1. The van der Waals surface area contributed by atoms with Gasteiger partial charge in [-0.25, -0.2) is 4.98 Å². The third-order valence-electron chi connectivity index (χ3n) is 0.900. The van der Waals surface area contributed by atoms with Gasteiger partial charge in [-0.05, 0) is 0 Å². The standard InChI is InChI=1S/C5H5N.CHF3O3S.BrH/c1-2-4-6-5-3-1;2-1(3,4)8(5,6)7;/h1-5H;(H,5,6,7);1H. The Morgan fingerprint density at radius 2 is 1.40 bits per heavy atom. The van der Waals surface area contributed by atoms with Crippen molar-refractivity contribution in [1.82, 2.24) is 0 Å². The lowest BCUT2D eigenvalue weighted by atomic mass is 10.5. The van der Waals surface area contributed by atoms with Gasteiger partial charge in [0.25, 0.3) is 0 Å². The number of alkyl halides is 3. The molecule has 15 heavy (non-hydrogen) atoms. The molecule has 1 aromatic heterocycles. The second-order valence-corrected chi connectivity index (χ2v) is 3.41. The Balaban J connectivity index is 0. The van der Waals surface area contributed by atoms with Gasteiger partial charge < -0.3 is 17.0 Å². The Labute approximate surface area is 94.7 Å². The molecule has 0 amide bonds. The topological polar surface area (TPSA) is 68.5 Å². The summed E-state index contributed by atoms with van der Waals surface area (Å²) in [4.78, 5) is 2.89. The van der Waals surface area contributed by atoms with Crippen molar-refractivity contribution in [2.75, 3.05) is 0 Å². The van der Waals surface area contributed by atoms with Crippen molar-refractivity contribution in [3.8, 4) is 0 Å². The highest BCUT2D eigenvalue weighted by Crippen LogP contribution is 2.20. The molecule has 0 aliphatic carbocycles. The monoisotopic (exact) mass is 309 g/mol. The van der Waals surface area contributed by atoms with Crippen molar-refractivity contribution < 1.29 is 48.1 Å². The van der Waals surface area contributed by atoms with E-state index in [0.717, 1.165) is 0 Å². The van der Waals surface area contributed by atoms with Crippen LogP contribution in [0.4, 0.5) is 13.2 Å². The molecule has 88 valence electrons. The van der Waals surface area contributed by atoms with Crippen molar-refractivity contribution >= 4 is 10.1 Å². The second-order valence-electron chi connectivity index (χ2n) is 2.00. The summed E-state index contributed by atoms with van der Waals surface area (Å²) >= 11 is 0. The highest BCUT2D eigenvalue weighted by atomic mass is 79.9. The zero-order valence-corrected chi connectivity index (χ0v) is 9.47. The summed E-state index contributed by atoms with van der Waals surface area (Å²) in [5.41, 5.74) is -5.53. The normalized spacial score (nSPS) is 10.7. The molecule has 0 saturated carbocycles. The highest BCUT2D eigenvalue weighted by molar-refractivity contribution is 7.86. The van der Waals surface area contributed by atoms with E-state index in [9.17, 15) is 13.2 Å². The fourth-order valence-corrected chi connectivity index (χ4v) is 0.342. The Bertz CT molecular complexity index is 327. The van der Waals surface area contributed by atoms with E-state index in [-0.39, 0.29) is 17.0 Å². The predicted octanol–water partition coefficient (Wildman–Crippen LogP) is -2.10. The Morgan fingerprint density at radius 3 is 1.47 bits per heavy atom. The van der Waals surface area contributed by atoms with E-state index in [0.29, 0.717) is 0 Å². The first kappa shape index (κ1) is 16.7. The molecule has 0 bridgehead atoms. The zero-order valence-electron chi connectivity index (χ0n) is 7.07. The minimum atomic E-state index is -5.84. The highest BCUT2D eigenvalue weighted by Gasteiger charge is 2.44. The first-order valence-corrected chi connectivity index (χ1v) is 4.64. The van der Waals surface area contributed by atoms with Crippen molar-refractivity contribution in [3.05, 3.63) is 30.6 Å². The average Bonchev–Trinajstić information content (AvgIpc) is 2.05. The molecule has 4 nitrogen and oxygen atoms in total. The van der Waals surface area contributed by atoms with Gasteiger partial charge in [-0.3, -0.25) is 4.55 Å². The largest absolute Gasteiger partial charge is 1.00 e. The molecule has 0 atom stereocenters. The van der Waals surface area contributed by atoms with Gasteiger partial charge in [-0.1, -0.05) is 6.07 Å². The number of nitrogens with one attached hydrogen (secondary N) is 1. The maximum atomic E-state index is 10.7. The molecule has 1 aromatic rings. The van der Waals surface area contributed by atoms with E-state index in [2.05, 4.69) is 4.98 Å². The number of aromatic nitrogens is 1. The summed E-state index contributed by atoms with van der Waals surface area (Å²) in [7, 11) is -5.84. The van der Waals surface area contributed by atoms with Crippen LogP contribution < -0.4 is 22.0 Å². The average molecular weight is 310 g/mol. The number of hydrogen-bond donors (Lipinski definition) is 1. The molecule has 0 fully saturated rings. The van der Waals surface area contributed by atoms with Crippen LogP contribution in [-0.4, -0.2) is 18.5 Å². The molecule has 0 aliphatic rings. The molecule has 2 N–H and O–H groups in total. The van der Waals surface area contributed by atoms with Gasteiger partial charge in [0, 0.05) is 12.1 Å². The molecule has 0 spiro atoms. The van der Waals surface area contributed by atoms with Gasteiger partial charge >= 0.3 is 15.6 Å². The van der Waals surface area contributed by atoms with Gasteiger partial charge in [0.2, 0.25) is 0 Å². The number of hydrogen-bond acceptors (Lipinski definition) is 2. The Morgan fingerprint density at radius 1 is 1.07 bits per heavy atom. The van der Waals surface area contributed by atoms with E-state index in [1.165, 1.54) is 0 Å². The van der Waals surface area contributed by atoms with Crippen LogP contribution in [0.3, 0.4) is 0 Å².